The summed E-state index contributed by atoms with van der Waals surface area (Å²) in [5.74, 6) is 0.181. The minimum absolute atomic E-state index is 0.0524. The third-order valence-electron chi connectivity index (χ3n) is 13.1. The van der Waals surface area contributed by atoms with Gasteiger partial charge in [0.25, 0.3) is 0 Å². The minimum atomic E-state index is -4.12. The normalized spacial score (nSPS) is 18.6. The van der Waals surface area contributed by atoms with Crippen molar-refractivity contribution in [1.82, 2.24) is 13.9 Å². The van der Waals surface area contributed by atoms with Gasteiger partial charge in [-0.25, -0.2) is 21.6 Å². The number of carbonyl (C=O) groups is 1. The first-order valence-corrected chi connectivity index (χ1v) is 27.9. The van der Waals surface area contributed by atoms with E-state index in [0.717, 1.165) is 30.5 Å². The summed E-state index contributed by atoms with van der Waals surface area (Å²) in [6.07, 6.45) is 1.80. The highest BCUT2D eigenvalue weighted by molar-refractivity contribution is 7.89. The van der Waals surface area contributed by atoms with Crippen LogP contribution < -0.4 is 15.4 Å². The SMILES string of the molecule is CN(B1CO1)c1cccc(S(=O)(=O)N(C[C@@H](O)[C@H](Cc2ccccc2)NC(=O)O[C@H]2CO[C@H]3OCC[C@H]32)CC(C)(C)CCCC#N)c1.CNc1cccc(S(=O)(=O)N(CC(C)C)CC(C)(C)CCCC#N)c1. The van der Waals surface area contributed by atoms with Crippen LogP contribution in [0.15, 0.2) is 88.7 Å². The molecule has 3 aromatic rings. The average Bonchev–Trinajstić information content (AvgIpc) is 3.97. The van der Waals surface area contributed by atoms with Crippen molar-refractivity contribution in [3.05, 3.63) is 84.4 Å². The summed E-state index contributed by atoms with van der Waals surface area (Å²) in [4.78, 5) is 15.5. The highest BCUT2D eigenvalue weighted by Gasteiger charge is 2.44. The zero-order chi connectivity index (χ0) is 52.7. The smallest absolute Gasteiger partial charge is 0.440 e. The second kappa shape index (κ2) is 26.4. The van der Waals surface area contributed by atoms with Crippen LogP contribution in [0.4, 0.5) is 16.2 Å². The summed E-state index contributed by atoms with van der Waals surface area (Å²) in [6.45, 7) is 14.2. The van der Waals surface area contributed by atoms with Gasteiger partial charge in [0.2, 0.25) is 20.0 Å². The molecule has 0 radical (unpaired) electrons. The van der Waals surface area contributed by atoms with E-state index in [1.54, 1.807) is 47.8 Å². The van der Waals surface area contributed by atoms with Crippen molar-refractivity contribution in [1.29, 1.82) is 10.5 Å². The molecule has 6 rings (SSSR count). The number of nitrogens with one attached hydrogen (secondary N) is 2. The van der Waals surface area contributed by atoms with Crippen LogP contribution in [-0.4, -0.2) is 128 Å². The Bertz CT molecular complexity index is 2520. The maximum atomic E-state index is 14.3. The molecule has 1 amide bonds. The van der Waals surface area contributed by atoms with Gasteiger partial charge in [0.05, 0.1) is 59.7 Å². The van der Waals surface area contributed by atoms with Gasteiger partial charge < -0.3 is 39.4 Å². The Morgan fingerprint density at radius 3 is 2.01 bits per heavy atom. The van der Waals surface area contributed by atoms with Crippen LogP contribution in [0.5, 0.6) is 0 Å². The van der Waals surface area contributed by atoms with E-state index >= 15 is 0 Å². The predicted molar refractivity (Wildman–Crippen MR) is 279 cm³/mol. The number of anilines is 2. The molecule has 3 saturated heterocycles. The number of alkyl carbamates (subject to hydrolysis) is 1. The standard InChI is InChI=1S/C33H45BN4O8S.C19H31N3O2S/c1-33(2,15-7-8-16-35)22-38(47(41,42)26-13-9-12-25(19-26)37(3)34-23-45-34)20-29(39)28(18-24-10-5-4-6-11-24)36-32(40)46-30-21-44-31-27(30)14-17-43-31;1-16(2)14-22(15-19(3,4)11-6-7-12-20)25(23,24)18-10-8-9-17(13-18)21-5/h4-6,9-13,19,27-31,39H,7-8,14-15,17-18,20-23H2,1-3H3,(H,36,40);8-10,13,16,21H,6-7,11,14-15H2,1-5H3/t27-,28-,29+,30-,31+;/m0./s1. The Morgan fingerprint density at radius 2 is 1.44 bits per heavy atom. The summed E-state index contributed by atoms with van der Waals surface area (Å²) in [5.41, 5.74) is 1.64. The number of carbonyl (C=O) groups excluding carboxylic acids is 1. The van der Waals surface area contributed by atoms with Gasteiger partial charge in [-0.3, -0.25) is 0 Å². The van der Waals surface area contributed by atoms with E-state index in [-0.39, 0.29) is 61.6 Å². The van der Waals surface area contributed by atoms with Crippen molar-refractivity contribution >= 4 is 44.6 Å². The van der Waals surface area contributed by atoms with Gasteiger partial charge in [-0.2, -0.15) is 19.1 Å². The highest BCUT2D eigenvalue weighted by Crippen LogP contribution is 2.34. The lowest BCUT2D eigenvalue weighted by Gasteiger charge is -2.35. The van der Waals surface area contributed by atoms with E-state index in [1.807, 2.05) is 82.0 Å². The van der Waals surface area contributed by atoms with Crippen LogP contribution >= 0.6 is 0 Å². The van der Waals surface area contributed by atoms with Crippen LogP contribution in [-0.2, 0) is 45.3 Å². The van der Waals surface area contributed by atoms with Crippen LogP contribution in [0.1, 0.15) is 92.1 Å². The van der Waals surface area contributed by atoms with Crippen molar-refractivity contribution in [2.75, 3.05) is 70.1 Å². The van der Waals surface area contributed by atoms with Gasteiger partial charge in [0.15, 0.2) is 6.29 Å². The first-order valence-electron chi connectivity index (χ1n) is 25.0. The molecule has 3 aliphatic heterocycles. The number of amides is 1. The van der Waals surface area contributed by atoms with E-state index < -0.39 is 49.8 Å². The number of aliphatic hydroxyl groups excluding tert-OH is 1. The van der Waals surface area contributed by atoms with E-state index in [1.165, 1.54) is 4.31 Å². The number of benzene rings is 3. The molecule has 3 fully saturated rings. The molecule has 3 N–H and O–H groups in total. The van der Waals surface area contributed by atoms with Gasteiger partial charge in [0.1, 0.15) is 6.10 Å². The lowest BCUT2D eigenvalue weighted by molar-refractivity contribution is -0.0907. The fourth-order valence-corrected chi connectivity index (χ4v) is 12.6. The Kier molecular flexibility index (Phi) is 21.4. The predicted octanol–water partition coefficient (Wildman–Crippen LogP) is 7.45. The van der Waals surface area contributed by atoms with Gasteiger partial charge in [-0.15, -0.1) is 0 Å². The number of hydrogen-bond donors (Lipinski definition) is 3. The fourth-order valence-electron chi connectivity index (χ4n) is 9.07. The number of rotatable bonds is 26. The van der Waals surface area contributed by atoms with Gasteiger partial charge in [-0.1, -0.05) is 84.0 Å². The average molecular weight is 1030 g/mol. The van der Waals surface area contributed by atoms with Crippen LogP contribution in [0.2, 0.25) is 0 Å². The number of sulfonamides is 2. The lowest BCUT2D eigenvalue weighted by Crippen LogP contribution is -2.52. The first kappa shape index (κ1) is 58.1. The quantitative estimate of drug-likeness (QED) is 0.0404. The van der Waals surface area contributed by atoms with Gasteiger partial charge >= 0.3 is 13.1 Å². The molecule has 0 spiro atoms. The molecule has 0 aromatic heterocycles. The van der Waals surface area contributed by atoms with E-state index in [0.29, 0.717) is 62.5 Å². The number of nitriles is 2. The fraction of sp³-hybridized carbons (Fsp3) is 0.596. The van der Waals surface area contributed by atoms with Gasteiger partial charge in [0, 0.05) is 57.4 Å². The molecule has 394 valence electrons. The molecule has 5 atom stereocenters. The summed E-state index contributed by atoms with van der Waals surface area (Å²) in [5, 5.41) is 35.4. The Labute approximate surface area is 429 Å². The molecule has 0 bridgehead atoms. The number of hydrogen-bond acceptors (Lipinski definition) is 14. The summed E-state index contributed by atoms with van der Waals surface area (Å²) < 4.78 is 80.3. The Hall–Kier alpha value is -4.77. The zero-order valence-electron chi connectivity index (χ0n) is 43.3. The van der Waals surface area contributed by atoms with Crippen LogP contribution in [0, 0.1) is 45.3 Å². The van der Waals surface area contributed by atoms with E-state index in [4.69, 9.17) is 29.4 Å². The molecule has 72 heavy (non-hydrogen) atoms. The number of aliphatic hydroxyl groups is 1. The van der Waals surface area contributed by atoms with Crippen LogP contribution in [0.25, 0.3) is 0 Å². The van der Waals surface area contributed by atoms with E-state index in [9.17, 15) is 26.7 Å². The number of nitrogens with zero attached hydrogens (tertiary/aromatic N) is 5. The topological polar surface area (TPSA) is 227 Å². The molecule has 3 aliphatic rings. The van der Waals surface area contributed by atoms with E-state index in [2.05, 4.69) is 36.6 Å². The third kappa shape index (κ3) is 17.2. The summed E-state index contributed by atoms with van der Waals surface area (Å²) in [6, 6.07) is 26.4. The molecule has 3 heterocycles. The molecule has 20 heteroatoms. The molecule has 0 unspecified atom stereocenters. The summed E-state index contributed by atoms with van der Waals surface area (Å²) >= 11 is 0. The van der Waals surface area contributed by atoms with Crippen LogP contribution in [0.3, 0.4) is 0 Å². The lowest BCUT2D eigenvalue weighted by atomic mass is 9.87. The van der Waals surface area contributed by atoms with Crippen molar-refractivity contribution in [3.8, 4) is 12.1 Å². The third-order valence-corrected chi connectivity index (χ3v) is 16.7. The molecule has 0 aliphatic carbocycles. The monoisotopic (exact) mass is 1030 g/mol. The van der Waals surface area contributed by atoms with Crippen molar-refractivity contribution < 1.29 is 45.6 Å². The van der Waals surface area contributed by atoms with Crippen molar-refractivity contribution in [2.24, 2.45) is 22.7 Å². The molecule has 0 saturated carbocycles. The van der Waals surface area contributed by atoms with Crippen molar-refractivity contribution in [2.45, 2.75) is 127 Å². The van der Waals surface area contributed by atoms with Gasteiger partial charge in [-0.05, 0) is 104 Å². The second-order valence-corrected chi connectivity index (χ2v) is 24.9. The first-order chi connectivity index (χ1) is 34.1. The molecule has 17 nitrogen and oxygen atoms in total. The van der Waals surface area contributed by atoms with Crippen molar-refractivity contribution in [3.63, 3.8) is 0 Å². The Morgan fingerprint density at radius 1 is 0.861 bits per heavy atom. The minimum Gasteiger partial charge on any atom is -0.443 e. The largest absolute Gasteiger partial charge is 0.443 e. The number of ether oxygens (including phenoxy) is 3. The maximum absolute atomic E-state index is 14.3. The second-order valence-electron chi connectivity index (χ2n) is 21.0. The molecule has 3 aromatic carbocycles. The number of fused-ring (bicyclic) bond motifs is 1. The molecular weight excluding hydrogens is 958 g/mol. The molecular formula is C52H76BN7O10S2. The Balaban J connectivity index is 0.000000326. The number of unbranched alkanes of at least 4 members (excludes halogenated alkanes) is 2. The highest BCUT2D eigenvalue weighted by atomic mass is 32.2. The summed E-state index contributed by atoms with van der Waals surface area (Å²) in [7, 11) is -4.16. The zero-order valence-corrected chi connectivity index (χ0v) is 45.0. The maximum Gasteiger partial charge on any atom is 0.440 e.